The summed E-state index contributed by atoms with van der Waals surface area (Å²) >= 11 is 1.42. The van der Waals surface area contributed by atoms with Gasteiger partial charge >= 0.3 is 0 Å². The average molecular weight is 262 g/mol. The molecule has 2 aromatic heterocycles. The van der Waals surface area contributed by atoms with Crippen LogP contribution in [0.3, 0.4) is 0 Å². The molecule has 0 amide bonds. The molecule has 0 saturated heterocycles. The van der Waals surface area contributed by atoms with Gasteiger partial charge in [0, 0.05) is 5.57 Å². The lowest BCUT2D eigenvalue weighted by Crippen LogP contribution is -1.92. The standard InChI is InChI=1S/C12H11FN4S/c1-7-3-4-8(2)10(7)11-15-16-12(18-11)17-6-9(13)5-14-17/h3,5-6H,4H2,1-2H3. The van der Waals surface area contributed by atoms with Gasteiger partial charge in [0.1, 0.15) is 5.01 Å². The monoisotopic (exact) mass is 262 g/mol. The van der Waals surface area contributed by atoms with Crippen molar-refractivity contribution in [3.8, 4) is 5.13 Å². The molecule has 2 heterocycles. The van der Waals surface area contributed by atoms with Crippen LogP contribution in [-0.2, 0) is 0 Å². The average Bonchev–Trinajstić information content (AvgIpc) is 3.00. The van der Waals surface area contributed by atoms with Crippen molar-refractivity contribution >= 4 is 16.9 Å². The number of halogens is 1. The van der Waals surface area contributed by atoms with Gasteiger partial charge in [0.25, 0.3) is 0 Å². The quantitative estimate of drug-likeness (QED) is 0.835. The Hall–Kier alpha value is -1.82. The van der Waals surface area contributed by atoms with E-state index in [0.717, 1.165) is 23.2 Å². The molecule has 0 radical (unpaired) electrons. The van der Waals surface area contributed by atoms with Gasteiger partial charge < -0.3 is 0 Å². The fourth-order valence-corrected chi connectivity index (χ4v) is 2.98. The number of aromatic nitrogens is 4. The summed E-state index contributed by atoms with van der Waals surface area (Å²) in [5.41, 5.74) is 3.68. The molecule has 0 fully saturated rings. The molecule has 0 unspecified atom stereocenters. The fourth-order valence-electron chi connectivity index (χ4n) is 2.01. The van der Waals surface area contributed by atoms with Crippen molar-refractivity contribution in [2.24, 2.45) is 0 Å². The largest absolute Gasteiger partial charge is 0.233 e. The van der Waals surface area contributed by atoms with Gasteiger partial charge in [0.05, 0.1) is 12.4 Å². The lowest BCUT2D eigenvalue weighted by atomic mass is 10.1. The van der Waals surface area contributed by atoms with Crippen LogP contribution in [0.25, 0.3) is 10.7 Å². The maximum atomic E-state index is 12.9. The second-order valence-corrected chi connectivity index (χ2v) is 5.20. The van der Waals surface area contributed by atoms with E-state index in [1.807, 2.05) is 0 Å². The number of nitrogens with zero attached hydrogens (tertiary/aromatic N) is 4. The lowest BCUT2D eigenvalue weighted by Gasteiger charge is -2.00. The van der Waals surface area contributed by atoms with Crippen LogP contribution in [0.5, 0.6) is 0 Å². The van der Waals surface area contributed by atoms with Gasteiger partial charge in [-0.3, -0.25) is 0 Å². The Labute approximate surface area is 107 Å². The van der Waals surface area contributed by atoms with Crippen molar-refractivity contribution in [1.29, 1.82) is 0 Å². The molecule has 1 aliphatic rings. The molecule has 0 spiro atoms. The van der Waals surface area contributed by atoms with Crippen molar-refractivity contribution in [1.82, 2.24) is 20.0 Å². The first-order valence-corrected chi connectivity index (χ1v) is 6.38. The summed E-state index contributed by atoms with van der Waals surface area (Å²) in [7, 11) is 0. The second-order valence-electron chi connectivity index (χ2n) is 4.24. The number of allylic oxidation sites excluding steroid dienone is 4. The van der Waals surface area contributed by atoms with Crippen molar-refractivity contribution in [2.45, 2.75) is 20.3 Å². The van der Waals surface area contributed by atoms with E-state index in [4.69, 9.17) is 0 Å². The van der Waals surface area contributed by atoms with Crippen LogP contribution in [0.2, 0.25) is 0 Å². The van der Waals surface area contributed by atoms with Crippen molar-refractivity contribution in [3.05, 3.63) is 40.4 Å². The Bertz CT molecular complexity index is 665. The summed E-state index contributed by atoms with van der Waals surface area (Å²) in [5.74, 6) is -0.376. The predicted octanol–water partition coefficient (Wildman–Crippen LogP) is 2.99. The van der Waals surface area contributed by atoms with Crippen LogP contribution >= 0.6 is 11.3 Å². The molecule has 2 aromatic rings. The van der Waals surface area contributed by atoms with E-state index in [1.54, 1.807) is 0 Å². The third kappa shape index (κ3) is 1.78. The van der Waals surface area contributed by atoms with E-state index in [0.29, 0.717) is 5.13 Å². The van der Waals surface area contributed by atoms with E-state index >= 15 is 0 Å². The highest BCUT2D eigenvalue weighted by atomic mass is 32.1. The molecular weight excluding hydrogens is 251 g/mol. The van der Waals surface area contributed by atoms with Gasteiger partial charge in [-0.25, -0.2) is 9.07 Å². The van der Waals surface area contributed by atoms with Crippen molar-refractivity contribution in [3.63, 3.8) is 0 Å². The minimum absolute atomic E-state index is 0.376. The third-order valence-electron chi connectivity index (χ3n) is 2.91. The van der Waals surface area contributed by atoms with Crippen molar-refractivity contribution in [2.75, 3.05) is 0 Å². The Kier molecular flexibility index (Phi) is 2.59. The first kappa shape index (κ1) is 11.3. The lowest BCUT2D eigenvalue weighted by molar-refractivity contribution is 0.627. The van der Waals surface area contributed by atoms with Gasteiger partial charge in [0.15, 0.2) is 5.82 Å². The molecule has 0 saturated carbocycles. The highest BCUT2D eigenvalue weighted by Gasteiger charge is 2.18. The molecule has 0 atom stereocenters. The predicted molar refractivity (Wildman–Crippen MR) is 68.0 cm³/mol. The summed E-state index contributed by atoms with van der Waals surface area (Å²) in [4.78, 5) is 0. The minimum atomic E-state index is -0.376. The van der Waals surface area contributed by atoms with Gasteiger partial charge in [-0.1, -0.05) is 23.0 Å². The van der Waals surface area contributed by atoms with Gasteiger partial charge in [-0.05, 0) is 25.8 Å². The Morgan fingerprint density at radius 2 is 2.17 bits per heavy atom. The summed E-state index contributed by atoms with van der Waals surface area (Å²) in [6.07, 6.45) is 5.60. The second kappa shape index (κ2) is 4.13. The first-order valence-electron chi connectivity index (χ1n) is 5.56. The van der Waals surface area contributed by atoms with Crippen LogP contribution in [0.1, 0.15) is 25.3 Å². The zero-order valence-electron chi connectivity index (χ0n) is 10.0. The summed E-state index contributed by atoms with van der Waals surface area (Å²) in [5, 5.41) is 13.6. The first-order chi connectivity index (χ1) is 8.65. The van der Waals surface area contributed by atoms with Crippen LogP contribution in [0.15, 0.2) is 29.6 Å². The van der Waals surface area contributed by atoms with Crippen LogP contribution in [0, 0.1) is 5.82 Å². The third-order valence-corrected chi connectivity index (χ3v) is 3.84. The molecule has 92 valence electrons. The Balaban J connectivity index is 2.00. The molecular formula is C12H11FN4S. The topological polar surface area (TPSA) is 43.6 Å². The molecule has 0 bridgehead atoms. The molecule has 1 aliphatic carbocycles. The minimum Gasteiger partial charge on any atom is -0.209 e. The fraction of sp³-hybridized carbons (Fsp3) is 0.250. The van der Waals surface area contributed by atoms with Crippen LogP contribution < -0.4 is 0 Å². The molecule has 0 aliphatic heterocycles. The van der Waals surface area contributed by atoms with Crippen LogP contribution in [0.4, 0.5) is 4.39 Å². The SMILES string of the molecule is CC1=CCC(C)=C1c1nnc(-n2cc(F)cn2)s1. The van der Waals surface area contributed by atoms with E-state index in [-0.39, 0.29) is 5.82 Å². The number of hydrogen-bond donors (Lipinski definition) is 0. The highest BCUT2D eigenvalue weighted by molar-refractivity contribution is 7.14. The molecule has 6 heteroatoms. The van der Waals surface area contributed by atoms with E-state index in [1.165, 1.54) is 33.4 Å². The highest BCUT2D eigenvalue weighted by Crippen LogP contribution is 2.35. The Morgan fingerprint density at radius 1 is 1.33 bits per heavy atom. The van der Waals surface area contributed by atoms with E-state index in [9.17, 15) is 4.39 Å². The summed E-state index contributed by atoms with van der Waals surface area (Å²) < 4.78 is 14.3. The van der Waals surface area contributed by atoms with E-state index in [2.05, 4.69) is 35.2 Å². The zero-order chi connectivity index (χ0) is 12.7. The zero-order valence-corrected chi connectivity index (χ0v) is 10.8. The summed E-state index contributed by atoms with van der Waals surface area (Å²) in [6, 6.07) is 0. The van der Waals surface area contributed by atoms with Gasteiger partial charge in [-0.15, -0.1) is 10.2 Å². The molecule has 18 heavy (non-hydrogen) atoms. The maximum absolute atomic E-state index is 12.9. The van der Waals surface area contributed by atoms with Gasteiger partial charge in [-0.2, -0.15) is 5.10 Å². The molecule has 0 N–H and O–H groups in total. The molecule has 4 nitrogen and oxygen atoms in total. The smallest absolute Gasteiger partial charge is 0.209 e. The van der Waals surface area contributed by atoms with Gasteiger partial charge in [0.2, 0.25) is 5.13 Å². The van der Waals surface area contributed by atoms with Crippen LogP contribution in [-0.4, -0.2) is 20.0 Å². The Morgan fingerprint density at radius 3 is 2.78 bits per heavy atom. The number of rotatable bonds is 2. The van der Waals surface area contributed by atoms with E-state index < -0.39 is 0 Å². The maximum Gasteiger partial charge on any atom is 0.233 e. The molecule has 0 aromatic carbocycles. The number of hydrogen-bond acceptors (Lipinski definition) is 4. The summed E-state index contributed by atoms with van der Waals surface area (Å²) in [6.45, 7) is 4.16. The van der Waals surface area contributed by atoms with Crippen molar-refractivity contribution < 1.29 is 4.39 Å². The molecule has 3 rings (SSSR count). The normalized spacial score (nSPS) is 15.4.